The number of hydrogen-bond acceptors (Lipinski definition) is 2. The third kappa shape index (κ3) is 5.20. The molecule has 0 unspecified atom stereocenters. The third-order valence-electron chi connectivity index (χ3n) is 5.22. The Bertz CT molecular complexity index is 1300. The second-order valence-electron chi connectivity index (χ2n) is 7.41. The minimum Gasteiger partial charge on any atom is -0.482 e. The molecule has 0 heterocycles. The van der Waals surface area contributed by atoms with Crippen molar-refractivity contribution >= 4 is 17.1 Å². The fourth-order valence-electron chi connectivity index (χ4n) is 3.72. The summed E-state index contributed by atoms with van der Waals surface area (Å²) < 4.78 is 5.33. The SMILES string of the molecule is C#Cc1ccc(C(=C(c2ccccc2)c2ccc(OCC(=O)O)cc2)c2ccccc2)cc1. The van der Waals surface area contributed by atoms with Crippen LogP contribution in [0.15, 0.2) is 109 Å². The lowest BCUT2D eigenvalue weighted by Crippen LogP contribution is -2.09. The summed E-state index contributed by atoms with van der Waals surface area (Å²) in [5.41, 5.74) is 7.14. The Morgan fingerprint density at radius 3 is 1.52 bits per heavy atom. The van der Waals surface area contributed by atoms with Crippen LogP contribution in [-0.4, -0.2) is 17.7 Å². The molecule has 0 aliphatic carbocycles. The smallest absolute Gasteiger partial charge is 0.341 e. The zero-order valence-corrected chi connectivity index (χ0v) is 17.9. The molecule has 33 heavy (non-hydrogen) atoms. The number of carboxylic acids is 1. The topological polar surface area (TPSA) is 46.5 Å². The van der Waals surface area contributed by atoms with Gasteiger partial charge in [0.15, 0.2) is 6.61 Å². The predicted molar refractivity (Wildman–Crippen MR) is 132 cm³/mol. The lowest BCUT2D eigenvalue weighted by Gasteiger charge is -2.18. The van der Waals surface area contributed by atoms with Crippen LogP contribution in [-0.2, 0) is 4.79 Å². The average Bonchev–Trinajstić information content (AvgIpc) is 2.87. The molecule has 0 aromatic heterocycles. The van der Waals surface area contributed by atoms with E-state index >= 15 is 0 Å². The van der Waals surface area contributed by atoms with Crippen molar-refractivity contribution in [2.45, 2.75) is 0 Å². The molecule has 3 nitrogen and oxygen atoms in total. The molecular formula is C30H22O3. The molecule has 0 aliphatic heterocycles. The molecule has 0 atom stereocenters. The first kappa shape index (κ1) is 21.7. The summed E-state index contributed by atoms with van der Waals surface area (Å²) in [4.78, 5) is 10.8. The van der Waals surface area contributed by atoms with Gasteiger partial charge < -0.3 is 9.84 Å². The maximum Gasteiger partial charge on any atom is 0.341 e. The van der Waals surface area contributed by atoms with E-state index in [9.17, 15) is 4.79 Å². The van der Waals surface area contributed by atoms with Gasteiger partial charge >= 0.3 is 5.97 Å². The van der Waals surface area contributed by atoms with E-state index in [1.807, 2.05) is 72.8 Å². The maximum absolute atomic E-state index is 10.8. The molecule has 4 rings (SSSR count). The Morgan fingerprint density at radius 1 is 0.667 bits per heavy atom. The van der Waals surface area contributed by atoms with Crippen molar-refractivity contribution in [1.82, 2.24) is 0 Å². The highest BCUT2D eigenvalue weighted by Gasteiger charge is 2.16. The maximum atomic E-state index is 10.8. The highest BCUT2D eigenvalue weighted by Crippen LogP contribution is 2.37. The molecule has 0 saturated carbocycles. The fourth-order valence-corrected chi connectivity index (χ4v) is 3.72. The Morgan fingerprint density at radius 2 is 1.09 bits per heavy atom. The summed E-state index contributed by atoms with van der Waals surface area (Å²) in [7, 11) is 0. The highest BCUT2D eigenvalue weighted by molar-refractivity contribution is 6.04. The largest absolute Gasteiger partial charge is 0.482 e. The number of benzene rings is 4. The lowest BCUT2D eigenvalue weighted by atomic mass is 9.85. The predicted octanol–water partition coefficient (Wildman–Crippen LogP) is 6.14. The first-order valence-corrected chi connectivity index (χ1v) is 10.5. The van der Waals surface area contributed by atoms with Crippen LogP contribution < -0.4 is 4.74 Å². The van der Waals surface area contributed by atoms with Gasteiger partial charge in [-0.3, -0.25) is 0 Å². The van der Waals surface area contributed by atoms with E-state index in [1.165, 1.54) is 0 Å². The Hall–Kier alpha value is -4.55. The van der Waals surface area contributed by atoms with Gasteiger partial charge in [-0.15, -0.1) is 6.42 Å². The van der Waals surface area contributed by atoms with Crippen LogP contribution in [0.2, 0.25) is 0 Å². The van der Waals surface area contributed by atoms with Crippen molar-refractivity contribution in [1.29, 1.82) is 0 Å². The summed E-state index contributed by atoms with van der Waals surface area (Å²) in [6.07, 6.45) is 5.58. The van der Waals surface area contributed by atoms with E-state index in [2.05, 4.69) is 30.2 Å². The van der Waals surface area contributed by atoms with Crippen LogP contribution in [0.4, 0.5) is 0 Å². The average molecular weight is 431 g/mol. The summed E-state index contributed by atoms with van der Waals surface area (Å²) in [6, 6.07) is 35.9. The van der Waals surface area contributed by atoms with Crippen LogP contribution in [0.1, 0.15) is 27.8 Å². The minimum atomic E-state index is -1.01. The number of aliphatic carboxylic acids is 1. The van der Waals surface area contributed by atoms with Gasteiger partial charge in [-0.2, -0.15) is 0 Å². The van der Waals surface area contributed by atoms with Crippen molar-refractivity contribution in [3.63, 3.8) is 0 Å². The monoisotopic (exact) mass is 430 g/mol. The molecular weight excluding hydrogens is 408 g/mol. The minimum absolute atomic E-state index is 0.377. The molecule has 4 aromatic carbocycles. The van der Waals surface area contributed by atoms with Gasteiger partial charge in [0.1, 0.15) is 5.75 Å². The van der Waals surface area contributed by atoms with E-state index in [1.54, 1.807) is 12.1 Å². The van der Waals surface area contributed by atoms with Crippen molar-refractivity contribution in [2.24, 2.45) is 0 Å². The number of ether oxygens (including phenoxy) is 1. The molecule has 0 amide bonds. The third-order valence-corrected chi connectivity index (χ3v) is 5.22. The van der Waals surface area contributed by atoms with Gasteiger partial charge in [0.05, 0.1) is 0 Å². The molecule has 160 valence electrons. The summed E-state index contributed by atoms with van der Waals surface area (Å²) >= 11 is 0. The van der Waals surface area contributed by atoms with Crippen LogP contribution in [0.3, 0.4) is 0 Å². The van der Waals surface area contributed by atoms with Crippen LogP contribution in [0.5, 0.6) is 5.75 Å². The van der Waals surface area contributed by atoms with E-state index < -0.39 is 5.97 Å². The highest BCUT2D eigenvalue weighted by atomic mass is 16.5. The van der Waals surface area contributed by atoms with Crippen molar-refractivity contribution < 1.29 is 14.6 Å². The van der Waals surface area contributed by atoms with Gasteiger partial charge in [0.2, 0.25) is 0 Å². The number of carboxylic acid groups (broad SMARTS) is 1. The normalized spacial score (nSPS) is 11.2. The first-order chi connectivity index (χ1) is 16.2. The quantitative estimate of drug-likeness (QED) is 0.283. The second kappa shape index (κ2) is 10.2. The molecule has 0 saturated heterocycles. The van der Waals surface area contributed by atoms with E-state index in [0.29, 0.717) is 5.75 Å². The molecule has 0 spiro atoms. The van der Waals surface area contributed by atoms with Crippen LogP contribution in [0.25, 0.3) is 11.1 Å². The number of carbonyl (C=O) groups is 1. The summed E-state index contributed by atoms with van der Waals surface area (Å²) in [6.45, 7) is -0.377. The molecule has 0 fully saturated rings. The van der Waals surface area contributed by atoms with E-state index in [4.69, 9.17) is 16.3 Å². The zero-order chi connectivity index (χ0) is 23.0. The van der Waals surface area contributed by atoms with Gasteiger partial charge in [0.25, 0.3) is 0 Å². The lowest BCUT2D eigenvalue weighted by molar-refractivity contribution is -0.139. The van der Waals surface area contributed by atoms with E-state index in [-0.39, 0.29) is 6.61 Å². The van der Waals surface area contributed by atoms with Gasteiger partial charge in [-0.05, 0) is 57.7 Å². The fraction of sp³-hybridized carbons (Fsp3) is 0.0333. The van der Waals surface area contributed by atoms with Crippen molar-refractivity contribution in [3.8, 4) is 18.1 Å². The van der Waals surface area contributed by atoms with Gasteiger partial charge in [0, 0.05) is 5.56 Å². The van der Waals surface area contributed by atoms with E-state index in [0.717, 1.165) is 39.0 Å². The second-order valence-corrected chi connectivity index (χ2v) is 7.41. The first-order valence-electron chi connectivity index (χ1n) is 10.5. The summed E-state index contributed by atoms with van der Waals surface area (Å²) in [5.74, 6) is 2.18. The van der Waals surface area contributed by atoms with Gasteiger partial charge in [-0.25, -0.2) is 4.79 Å². The summed E-state index contributed by atoms with van der Waals surface area (Å²) in [5, 5.41) is 8.88. The Balaban J connectivity index is 1.94. The van der Waals surface area contributed by atoms with Crippen molar-refractivity contribution in [3.05, 3.63) is 137 Å². The van der Waals surface area contributed by atoms with Crippen LogP contribution in [0, 0.1) is 12.3 Å². The standard InChI is InChI=1S/C30H22O3/c1-2-22-13-15-25(16-14-22)29(23-9-5-3-6-10-23)30(24-11-7-4-8-12-24)26-17-19-27(20-18-26)33-21-28(31)32/h1,3-20H,21H2,(H,31,32). The number of terminal acetylenes is 1. The van der Waals surface area contributed by atoms with Crippen molar-refractivity contribution in [2.75, 3.05) is 6.61 Å². The Kier molecular flexibility index (Phi) is 6.68. The molecule has 3 heteroatoms. The van der Waals surface area contributed by atoms with Crippen LogP contribution >= 0.6 is 0 Å². The molecule has 4 aromatic rings. The Labute approximate surface area is 193 Å². The molecule has 0 radical (unpaired) electrons. The zero-order valence-electron chi connectivity index (χ0n) is 17.9. The molecule has 0 bridgehead atoms. The molecule has 0 aliphatic rings. The number of hydrogen-bond donors (Lipinski definition) is 1. The van der Waals surface area contributed by atoms with Gasteiger partial charge in [-0.1, -0.05) is 90.8 Å². The number of rotatable bonds is 7. The molecule has 1 N–H and O–H groups in total.